The van der Waals surface area contributed by atoms with Crippen molar-refractivity contribution in [3.8, 4) is 6.07 Å². The van der Waals surface area contributed by atoms with Gasteiger partial charge in [-0.1, -0.05) is 0 Å². The second kappa shape index (κ2) is 5.30. The fourth-order valence-corrected chi connectivity index (χ4v) is 4.71. The molecule has 1 aromatic rings. The van der Waals surface area contributed by atoms with E-state index in [1.807, 2.05) is 18.2 Å². The molecule has 0 aromatic heterocycles. The number of hydrogen-bond donors (Lipinski definition) is 0. The molecule has 2 nitrogen and oxygen atoms in total. The molecule has 2 atom stereocenters. The quantitative estimate of drug-likeness (QED) is 0.790. The molecular formula is C13H13NOSe. The molecule has 1 aromatic carbocycles. The van der Waals surface area contributed by atoms with Crippen molar-refractivity contribution >= 4 is 25.2 Å². The van der Waals surface area contributed by atoms with Crippen LogP contribution in [0.2, 0.25) is 4.82 Å². The van der Waals surface area contributed by atoms with E-state index >= 15 is 0 Å². The molecule has 1 fully saturated rings. The van der Waals surface area contributed by atoms with Crippen LogP contribution in [0.4, 0.5) is 0 Å². The molecule has 2 rings (SSSR count). The molecule has 82 valence electrons. The van der Waals surface area contributed by atoms with E-state index in [1.165, 1.54) is 4.46 Å². The van der Waals surface area contributed by atoms with Gasteiger partial charge in [-0.3, -0.25) is 0 Å². The molecule has 1 aliphatic carbocycles. The summed E-state index contributed by atoms with van der Waals surface area (Å²) in [4.78, 5) is 11.9. The van der Waals surface area contributed by atoms with E-state index in [9.17, 15) is 4.79 Å². The fraction of sp³-hybridized carbons (Fsp3) is 0.385. The van der Waals surface area contributed by atoms with E-state index in [1.54, 1.807) is 0 Å². The van der Waals surface area contributed by atoms with Crippen molar-refractivity contribution in [2.24, 2.45) is 5.92 Å². The number of nitrogens with zero attached hydrogens (tertiary/aromatic N) is 1. The normalized spacial score (nSPS) is 24.3. The first-order valence-corrected chi connectivity index (χ1v) is 7.27. The van der Waals surface area contributed by atoms with Crippen LogP contribution in [-0.4, -0.2) is 20.7 Å². The summed E-state index contributed by atoms with van der Waals surface area (Å²) in [5.41, 5.74) is 0. The number of rotatable bonds is 3. The monoisotopic (exact) mass is 279 g/mol. The molecule has 3 heteroatoms. The summed E-state index contributed by atoms with van der Waals surface area (Å²) in [6.45, 7) is 0. The molecule has 0 bridgehead atoms. The summed E-state index contributed by atoms with van der Waals surface area (Å²) < 4.78 is 1.26. The Labute approximate surface area is 102 Å². The van der Waals surface area contributed by atoms with Crippen LogP contribution in [-0.2, 0) is 4.79 Å². The number of carbonyl (C=O) groups is 1. The number of ketones is 1. The van der Waals surface area contributed by atoms with Gasteiger partial charge in [-0.2, -0.15) is 0 Å². The fourth-order valence-electron chi connectivity index (χ4n) is 2.02. The van der Waals surface area contributed by atoms with E-state index in [4.69, 9.17) is 5.26 Å². The average molecular weight is 278 g/mol. The van der Waals surface area contributed by atoms with Crippen molar-refractivity contribution in [1.29, 1.82) is 5.26 Å². The molecule has 16 heavy (non-hydrogen) atoms. The summed E-state index contributed by atoms with van der Waals surface area (Å²) in [6, 6.07) is 12.4. The van der Waals surface area contributed by atoms with Crippen LogP contribution >= 0.6 is 0 Å². The van der Waals surface area contributed by atoms with Gasteiger partial charge in [0.25, 0.3) is 0 Å². The number of hydrogen-bond acceptors (Lipinski definition) is 2. The zero-order chi connectivity index (χ0) is 11.4. The van der Waals surface area contributed by atoms with Crippen LogP contribution in [0.5, 0.6) is 0 Å². The first-order valence-electron chi connectivity index (χ1n) is 5.42. The van der Waals surface area contributed by atoms with Crippen LogP contribution in [0.1, 0.15) is 19.3 Å². The van der Waals surface area contributed by atoms with Gasteiger partial charge in [0.2, 0.25) is 0 Å². The van der Waals surface area contributed by atoms with Gasteiger partial charge in [0.1, 0.15) is 0 Å². The van der Waals surface area contributed by atoms with Crippen LogP contribution in [0.15, 0.2) is 30.3 Å². The summed E-state index contributed by atoms with van der Waals surface area (Å²) in [5, 5.41) is 8.74. The van der Waals surface area contributed by atoms with Crippen LogP contribution < -0.4 is 4.46 Å². The van der Waals surface area contributed by atoms with Crippen LogP contribution in [0.3, 0.4) is 0 Å². The third-order valence-electron chi connectivity index (χ3n) is 2.87. The van der Waals surface area contributed by atoms with Crippen LogP contribution in [0.25, 0.3) is 0 Å². The van der Waals surface area contributed by atoms with E-state index in [0.717, 1.165) is 6.42 Å². The van der Waals surface area contributed by atoms with Gasteiger partial charge in [0.05, 0.1) is 0 Å². The molecule has 0 heterocycles. The average Bonchev–Trinajstić information content (AvgIpc) is 2.64. The summed E-state index contributed by atoms with van der Waals surface area (Å²) in [5.74, 6) is 0.668. The van der Waals surface area contributed by atoms with Crippen LogP contribution in [0, 0.1) is 17.2 Å². The minimum atomic E-state index is 0.134. The van der Waals surface area contributed by atoms with Crippen molar-refractivity contribution < 1.29 is 4.79 Å². The maximum atomic E-state index is 11.8. The Kier molecular flexibility index (Phi) is 3.77. The van der Waals surface area contributed by atoms with Gasteiger partial charge < -0.3 is 0 Å². The standard InChI is InChI=1S/C13H13NOSe/c14-9-8-10-6-7-12(15)13(10)16-11-4-2-1-3-5-11/h1-5,10,13H,6-8H2/t10?,13-/m0/s1. The molecule has 0 spiro atoms. The molecule has 1 saturated carbocycles. The molecular weight excluding hydrogens is 265 g/mol. The van der Waals surface area contributed by atoms with E-state index < -0.39 is 0 Å². The van der Waals surface area contributed by atoms with Gasteiger partial charge in [-0.25, -0.2) is 0 Å². The number of benzene rings is 1. The number of Topliss-reactive ketones (excluding diaryl/α,β-unsaturated/α-hetero) is 1. The summed E-state index contributed by atoms with van der Waals surface area (Å²) >= 11 is 0.191. The van der Waals surface area contributed by atoms with Gasteiger partial charge >= 0.3 is 102 Å². The molecule has 0 amide bonds. The molecule has 0 radical (unpaired) electrons. The first-order chi connectivity index (χ1) is 7.81. The van der Waals surface area contributed by atoms with E-state index in [2.05, 4.69) is 18.2 Å². The van der Waals surface area contributed by atoms with Crippen molar-refractivity contribution in [3.63, 3.8) is 0 Å². The summed E-state index contributed by atoms with van der Waals surface area (Å²) in [6.07, 6.45) is 2.11. The van der Waals surface area contributed by atoms with Gasteiger partial charge in [0, 0.05) is 0 Å². The Morgan fingerprint density at radius 3 is 2.81 bits per heavy atom. The Balaban J connectivity index is 2.07. The molecule has 1 aliphatic rings. The zero-order valence-electron chi connectivity index (χ0n) is 8.93. The van der Waals surface area contributed by atoms with Gasteiger partial charge in [-0.05, 0) is 0 Å². The molecule has 0 saturated heterocycles. The van der Waals surface area contributed by atoms with Crippen molar-refractivity contribution in [2.75, 3.05) is 0 Å². The number of nitriles is 1. The van der Waals surface area contributed by atoms with E-state index in [0.29, 0.717) is 24.5 Å². The predicted molar refractivity (Wildman–Crippen MR) is 63.5 cm³/mol. The van der Waals surface area contributed by atoms with E-state index in [-0.39, 0.29) is 19.8 Å². The third-order valence-corrected chi connectivity index (χ3v) is 5.90. The third kappa shape index (κ3) is 2.52. The van der Waals surface area contributed by atoms with Crippen molar-refractivity contribution in [1.82, 2.24) is 0 Å². The second-order valence-electron chi connectivity index (χ2n) is 3.98. The second-order valence-corrected chi connectivity index (χ2v) is 6.53. The minimum absolute atomic E-state index is 0.134. The molecule has 0 N–H and O–H groups in total. The predicted octanol–water partition coefficient (Wildman–Crippen LogP) is 1.70. The SMILES string of the molecule is N#CCC1CCC(=O)[C@H]1[Se]c1ccccc1. The summed E-state index contributed by atoms with van der Waals surface area (Å²) in [7, 11) is 0. The van der Waals surface area contributed by atoms with Crippen molar-refractivity contribution in [3.05, 3.63) is 30.3 Å². The topological polar surface area (TPSA) is 40.9 Å². The Hall–Kier alpha value is -1.10. The Bertz CT molecular complexity index is 410. The maximum absolute atomic E-state index is 11.8. The Morgan fingerprint density at radius 1 is 1.38 bits per heavy atom. The molecule has 0 aliphatic heterocycles. The first kappa shape index (κ1) is 11.4. The van der Waals surface area contributed by atoms with Gasteiger partial charge in [-0.15, -0.1) is 0 Å². The molecule has 1 unspecified atom stereocenters. The van der Waals surface area contributed by atoms with Gasteiger partial charge in [0.15, 0.2) is 0 Å². The van der Waals surface area contributed by atoms with Crippen molar-refractivity contribution in [2.45, 2.75) is 24.1 Å². The zero-order valence-corrected chi connectivity index (χ0v) is 10.6. The number of carbonyl (C=O) groups excluding carboxylic acids is 1. The Morgan fingerprint density at radius 2 is 2.12 bits per heavy atom.